The predicted octanol–water partition coefficient (Wildman–Crippen LogP) is -0.611. The lowest BCUT2D eigenvalue weighted by Crippen LogP contribution is -2.64. The lowest BCUT2D eigenvalue weighted by atomic mass is 10.0. The molecule has 0 aliphatic carbocycles. The van der Waals surface area contributed by atoms with Gasteiger partial charge in [-0.05, 0) is 37.1 Å². The van der Waals surface area contributed by atoms with Crippen LogP contribution in [0.15, 0.2) is 24.3 Å². The third kappa shape index (κ3) is 5.32. The van der Waals surface area contributed by atoms with Crippen molar-refractivity contribution in [2.45, 2.75) is 24.9 Å². The molecule has 2 aliphatic heterocycles. The fourth-order valence-electron chi connectivity index (χ4n) is 3.79. The standard InChI is InChI=1S/C21H28N4O6/c1-30-13-18(26)25-11-10-24(21(29)14-5-7-15(31-2)8-6-14)12-17(25)20(28)23-16-4-3-9-22-19(16)27/h5-8,16-17H,3-4,9-13H2,1-2H3,(H,22,27)(H,23,28)/t16-,17+/m1/s1. The molecule has 1 aromatic carbocycles. The Kier molecular flexibility index (Phi) is 7.45. The number of hydrogen-bond acceptors (Lipinski definition) is 6. The van der Waals surface area contributed by atoms with Crippen molar-refractivity contribution < 1.29 is 28.7 Å². The summed E-state index contributed by atoms with van der Waals surface area (Å²) in [7, 11) is 2.95. The Morgan fingerprint density at radius 2 is 1.90 bits per heavy atom. The molecule has 2 saturated heterocycles. The highest BCUT2D eigenvalue weighted by Gasteiger charge is 2.38. The summed E-state index contributed by atoms with van der Waals surface area (Å²) >= 11 is 0. The lowest BCUT2D eigenvalue weighted by molar-refractivity contribution is -0.146. The van der Waals surface area contributed by atoms with Crippen LogP contribution >= 0.6 is 0 Å². The van der Waals surface area contributed by atoms with Gasteiger partial charge in [0, 0.05) is 32.3 Å². The summed E-state index contributed by atoms with van der Waals surface area (Å²) in [5, 5.41) is 5.46. The molecule has 0 spiro atoms. The van der Waals surface area contributed by atoms with Gasteiger partial charge >= 0.3 is 0 Å². The van der Waals surface area contributed by atoms with Crippen LogP contribution in [0.2, 0.25) is 0 Å². The number of carbonyl (C=O) groups excluding carboxylic acids is 4. The summed E-state index contributed by atoms with van der Waals surface area (Å²) in [6.07, 6.45) is 1.29. The Morgan fingerprint density at radius 1 is 1.16 bits per heavy atom. The van der Waals surface area contributed by atoms with E-state index in [-0.39, 0.29) is 44.0 Å². The zero-order chi connectivity index (χ0) is 22.4. The number of amides is 4. The fraction of sp³-hybridized carbons (Fsp3) is 0.524. The van der Waals surface area contributed by atoms with Crippen LogP contribution in [0.25, 0.3) is 0 Å². The molecule has 2 fully saturated rings. The minimum absolute atomic E-state index is 0.0283. The van der Waals surface area contributed by atoms with Crippen LogP contribution in [0, 0.1) is 0 Å². The van der Waals surface area contributed by atoms with E-state index in [4.69, 9.17) is 9.47 Å². The number of rotatable bonds is 6. The van der Waals surface area contributed by atoms with Gasteiger partial charge in [-0.1, -0.05) is 0 Å². The number of piperidine rings is 1. The molecular formula is C21H28N4O6. The molecule has 0 saturated carbocycles. The smallest absolute Gasteiger partial charge is 0.254 e. The van der Waals surface area contributed by atoms with Crippen molar-refractivity contribution in [3.8, 4) is 5.75 Å². The number of piperazine rings is 1. The first kappa shape index (κ1) is 22.5. The van der Waals surface area contributed by atoms with E-state index in [9.17, 15) is 19.2 Å². The second-order valence-electron chi connectivity index (χ2n) is 7.51. The number of ether oxygens (including phenoxy) is 2. The maximum absolute atomic E-state index is 13.0. The van der Waals surface area contributed by atoms with E-state index in [2.05, 4.69) is 10.6 Å². The average molecular weight is 432 g/mol. The Balaban J connectivity index is 1.75. The highest BCUT2D eigenvalue weighted by Crippen LogP contribution is 2.17. The van der Waals surface area contributed by atoms with E-state index in [1.165, 1.54) is 12.0 Å². The lowest BCUT2D eigenvalue weighted by Gasteiger charge is -2.41. The van der Waals surface area contributed by atoms with E-state index < -0.39 is 18.0 Å². The Labute approximate surface area is 180 Å². The van der Waals surface area contributed by atoms with Crippen molar-refractivity contribution in [2.75, 3.05) is 47.0 Å². The Hall–Kier alpha value is -3.14. The molecule has 0 bridgehead atoms. The van der Waals surface area contributed by atoms with Crippen LogP contribution in [-0.2, 0) is 19.1 Å². The van der Waals surface area contributed by atoms with Gasteiger partial charge in [0.15, 0.2) is 0 Å². The first-order chi connectivity index (χ1) is 14.9. The summed E-state index contributed by atoms with van der Waals surface area (Å²) in [5.41, 5.74) is 0.461. The first-order valence-corrected chi connectivity index (χ1v) is 10.2. The third-order valence-corrected chi connectivity index (χ3v) is 5.50. The number of nitrogens with one attached hydrogen (secondary N) is 2. The van der Waals surface area contributed by atoms with Gasteiger partial charge in [0.2, 0.25) is 17.7 Å². The molecule has 168 valence electrons. The highest BCUT2D eigenvalue weighted by molar-refractivity contribution is 5.96. The van der Waals surface area contributed by atoms with Crippen molar-refractivity contribution in [1.29, 1.82) is 0 Å². The van der Waals surface area contributed by atoms with E-state index in [1.54, 1.807) is 36.3 Å². The monoisotopic (exact) mass is 432 g/mol. The molecule has 4 amide bonds. The van der Waals surface area contributed by atoms with Crippen molar-refractivity contribution in [3.63, 3.8) is 0 Å². The number of nitrogens with zero attached hydrogens (tertiary/aromatic N) is 2. The van der Waals surface area contributed by atoms with Gasteiger partial charge in [0.1, 0.15) is 24.4 Å². The van der Waals surface area contributed by atoms with Gasteiger partial charge in [0.25, 0.3) is 5.91 Å². The SMILES string of the molecule is COCC(=O)N1CCN(C(=O)c2ccc(OC)cc2)C[C@H]1C(=O)N[C@@H]1CCCNC1=O. The molecule has 2 N–H and O–H groups in total. The molecule has 0 radical (unpaired) electrons. The largest absolute Gasteiger partial charge is 0.497 e. The number of methoxy groups -OCH3 is 2. The number of hydrogen-bond donors (Lipinski definition) is 2. The normalized spacial score (nSPS) is 21.3. The van der Waals surface area contributed by atoms with Crippen molar-refractivity contribution >= 4 is 23.6 Å². The second-order valence-corrected chi connectivity index (χ2v) is 7.51. The zero-order valence-corrected chi connectivity index (χ0v) is 17.8. The third-order valence-electron chi connectivity index (χ3n) is 5.50. The van der Waals surface area contributed by atoms with Crippen LogP contribution in [0.5, 0.6) is 5.75 Å². The van der Waals surface area contributed by atoms with Crippen LogP contribution in [0.4, 0.5) is 0 Å². The van der Waals surface area contributed by atoms with Crippen molar-refractivity contribution in [2.24, 2.45) is 0 Å². The second kappa shape index (κ2) is 10.3. The van der Waals surface area contributed by atoms with Gasteiger partial charge in [0.05, 0.1) is 13.7 Å². The van der Waals surface area contributed by atoms with Crippen molar-refractivity contribution in [1.82, 2.24) is 20.4 Å². The molecule has 2 atom stereocenters. The van der Waals surface area contributed by atoms with E-state index in [1.807, 2.05) is 0 Å². The fourth-order valence-corrected chi connectivity index (χ4v) is 3.79. The molecule has 10 heteroatoms. The van der Waals surface area contributed by atoms with Crippen molar-refractivity contribution in [3.05, 3.63) is 29.8 Å². The first-order valence-electron chi connectivity index (χ1n) is 10.2. The molecule has 0 unspecified atom stereocenters. The topological polar surface area (TPSA) is 117 Å². The van der Waals surface area contributed by atoms with E-state index >= 15 is 0 Å². The van der Waals surface area contributed by atoms with Gasteiger partial charge in [-0.15, -0.1) is 0 Å². The molecular weight excluding hydrogens is 404 g/mol. The van der Waals surface area contributed by atoms with Gasteiger partial charge in [-0.2, -0.15) is 0 Å². The average Bonchev–Trinajstić information content (AvgIpc) is 2.80. The molecule has 3 rings (SSSR count). The summed E-state index contributed by atoms with van der Waals surface area (Å²) in [6, 6.07) is 5.15. The van der Waals surface area contributed by atoms with Crippen LogP contribution < -0.4 is 15.4 Å². The molecule has 1 aromatic rings. The minimum Gasteiger partial charge on any atom is -0.497 e. The Bertz CT molecular complexity index is 828. The maximum atomic E-state index is 13.0. The van der Waals surface area contributed by atoms with Gasteiger partial charge < -0.3 is 29.9 Å². The summed E-state index contributed by atoms with van der Waals surface area (Å²) in [4.78, 5) is 53.5. The summed E-state index contributed by atoms with van der Waals surface area (Å²) < 4.78 is 10.1. The summed E-state index contributed by atoms with van der Waals surface area (Å²) in [5.74, 6) is -0.647. The van der Waals surface area contributed by atoms with Crippen LogP contribution in [-0.4, -0.2) is 92.5 Å². The Morgan fingerprint density at radius 3 is 2.55 bits per heavy atom. The molecule has 2 heterocycles. The van der Waals surface area contributed by atoms with Crippen LogP contribution in [0.1, 0.15) is 23.2 Å². The number of benzene rings is 1. The molecule has 10 nitrogen and oxygen atoms in total. The molecule has 2 aliphatic rings. The van der Waals surface area contributed by atoms with E-state index in [0.717, 1.165) is 6.42 Å². The molecule has 0 aromatic heterocycles. The van der Waals surface area contributed by atoms with Gasteiger partial charge in [-0.25, -0.2) is 0 Å². The predicted molar refractivity (Wildman–Crippen MR) is 110 cm³/mol. The van der Waals surface area contributed by atoms with Crippen LogP contribution in [0.3, 0.4) is 0 Å². The minimum atomic E-state index is -0.909. The number of carbonyl (C=O) groups is 4. The summed E-state index contributed by atoms with van der Waals surface area (Å²) in [6.45, 7) is 0.922. The van der Waals surface area contributed by atoms with E-state index in [0.29, 0.717) is 24.3 Å². The maximum Gasteiger partial charge on any atom is 0.254 e. The molecule has 31 heavy (non-hydrogen) atoms. The quantitative estimate of drug-likeness (QED) is 0.619. The zero-order valence-electron chi connectivity index (χ0n) is 17.8. The van der Waals surface area contributed by atoms with Gasteiger partial charge in [-0.3, -0.25) is 19.2 Å². The highest BCUT2D eigenvalue weighted by atomic mass is 16.5.